The summed E-state index contributed by atoms with van der Waals surface area (Å²) in [5, 5.41) is 5.72. The number of hydrogen-bond acceptors (Lipinski definition) is 5. The topological polar surface area (TPSA) is 93.2 Å². The van der Waals surface area contributed by atoms with Crippen molar-refractivity contribution in [2.75, 3.05) is 11.9 Å². The average molecular weight is 370 g/mol. The molecule has 0 saturated heterocycles. The molecule has 0 bridgehead atoms. The highest BCUT2D eigenvalue weighted by Crippen LogP contribution is 2.24. The first kappa shape index (κ1) is 20.4. The fraction of sp³-hybridized carbons (Fsp3) is 0.400. The van der Waals surface area contributed by atoms with Gasteiger partial charge in [-0.25, -0.2) is 9.97 Å². The van der Waals surface area contributed by atoms with Gasteiger partial charge < -0.3 is 15.4 Å². The van der Waals surface area contributed by atoms with E-state index in [9.17, 15) is 9.59 Å². The molecular weight excluding hydrogens is 344 g/mol. The summed E-state index contributed by atoms with van der Waals surface area (Å²) in [6.07, 6.45) is 1.66. The molecule has 0 fully saturated rings. The fourth-order valence-corrected chi connectivity index (χ4v) is 2.42. The van der Waals surface area contributed by atoms with Crippen LogP contribution in [0, 0.1) is 12.8 Å². The van der Waals surface area contributed by atoms with Crippen molar-refractivity contribution >= 4 is 17.5 Å². The van der Waals surface area contributed by atoms with E-state index in [1.54, 1.807) is 37.4 Å². The van der Waals surface area contributed by atoms with E-state index in [-0.39, 0.29) is 23.8 Å². The number of aryl methyl sites for hydroxylation is 1. The smallest absolute Gasteiger partial charge is 0.255 e. The van der Waals surface area contributed by atoms with Gasteiger partial charge in [0.15, 0.2) is 0 Å². The summed E-state index contributed by atoms with van der Waals surface area (Å²) in [5.41, 5.74) is 1.63. The third-order valence-corrected chi connectivity index (χ3v) is 3.90. The Hall–Kier alpha value is -2.96. The van der Waals surface area contributed by atoms with E-state index < -0.39 is 0 Å². The monoisotopic (exact) mass is 370 g/mol. The van der Waals surface area contributed by atoms with Crippen LogP contribution in [-0.2, 0) is 4.79 Å². The standard InChI is InChI=1S/C20H26N4O3/c1-6-27-18-8-7-15(24-19(25)12(2)3)11-16(18)20(26)22-13(4)17-9-10-21-14(5)23-17/h7-13H,6H2,1-5H3,(H,22,26)(H,24,25). The molecule has 0 aliphatic carbocycles. The zero-order valence-electron chi connectivity index (χ0n) is 16.4. The molecule has 27 heavy (non-hydrogen) atoms. The van der Waals surface area contributed by atoms with Crippen LogP contribution in [0.5, 0.6) is 5.75 Å². The number of hydrogen-bond donors (Lipinski definition) is 2. The van der Waals surface area contributed by atoms with Gasteiger partial charge in [-0.15, -0.1) is 0 Å². The molecule has 144 valence electrons. The Morgan fingerprint density at radius 3 is 2.56 bits per heavy atom. The lowest BCUT2D eigenvalue weighted by Gasteiger charge is -2.17. The summed E-state index contributed by atoms with van der Waals surface area (Å²) in [6, 6.07) is 6.49. The van der Waals surface area contributed by atoms with E-state index in [2.05, 4.69) is 20.6 Å². The normalized spacial score (nSPS) is 11.8. The third-order valence-electron chi connectivity index (χ3n) is 3.90. The minimum atomic E-state index is -0.303. The van der Waals surface area contributed by atoms with Crippen molar-refractivity contribution in [2.24, 2.45) is 5.92 Å². The fourth-order valence-electron chi connectivity index (χ4n) is 2.42. The van der Waals surface area contributed by atoms with Gasteiger partial charge in [-0.3, -0.25) is 9.59 Å². The molecule has 1 aromatic carbocycles. The number of carbonyl (C=O) groups excluding carboxylic acids is 2. The first-order chi connectivity index (χ1) is 12.8. The first-order valence-electron chi connectivity index (χ1n) is 9.00. The quantitative estimate of drug-likeness (QED) is 0.780. The van der Waals surface area contributed by atoms with Gasteiger partial charge in [-0.1, -0.05) is 13.8 Å². The van der Waals surface area contributed by atoms with Crippen LogP contribution in [0.3, 0.4) is 0 Å². The molecule has 0 spiro atoms. The largest absolute Gasteiger partial charge is 0.493 e. The van der Waals surface area contributed by atoms with E-state index in [0.29, 0.717) is 29.4 Å². The van der Waals surface area contributed by atoms with Crippen LogP contribution >= 0.6 is 0 Å². The van der Waals surface area contributed by atoms with Gasteiger partial charge in [0, 0.05) is 17.8 Å². The molecule has 1 atom stereocenters. The lowest BCUT2D eigenvalue weighted by Crippen LogP contribution is -2.28. The Kier molecular flexibility index (Phi) is 6.87. The molecule has 2 rings (SSSR count). The summed E-state index contributed by atoms with van der Waals surface area (Å²) in [5.74, 6) is 0.527. The summed E-state index contributed by atoms with van der Waals surface area (Å²) in [4.78, 5) is 33.2. The van der Waals surface area contributed by atoms with Crippen LogP contribution in [0.15, 0.2) is 30.5 Å². The number of anilines is 1. The molecule has 1 unspecified atom stereocenters. The molecule has 2 amide bonds. The average Bonchev–Trinajstić information content (AvgIpc) is 2.62. The number of carbonyl (C=O) groups is 2. The summed E-state index contributed by atoms with van der Waals surface area (Å²) in [6.45, 7) is 9.55. The van der Waals surface area contributed by atoms with Crippen molar-refractivity contribution in [1.82, 2.24) is 15.3 Å². The van der Waals surface area contributed by atoms with Gasteiger partial charge in [0.25, 0.3) is 5.91 Å². The highest BCUT2D eigenvalue weighted by molar-refractivity contribution is 5.99. The van der Waals surface area contributed by atoms with Crippen molar-refractivity contribution in [1.29, 1.82) is 0 Å². The van der Waals surface area contributed by atoms with E-state index in [1.165, 1.54) is 0 Å². The summed E-state index contributed by atoms with van der Waals surface area (Å²) in [7, 11) is 0. The molecule has 7 heteroatoms. The van der Waals surface area contributed by atoms with Gasteiger partial charge in [0.05, 0.1) is 23.9 Å². The SMILES string of the molecule is CCOc1ccc(NC(=O)C(C)C)cc1C(=O)NC(C)c1ccnc(C)n1. The van der Waals surface area contributed by atoms with Gasteiger partial charge >= 0.3 is 0 Å². The number of aromatic nitrogens is 2. The molecule has 0 radical (unpaired) electrons. The predicted octanol–water partition coefficient (Wildman–Crippen LogP) is 3.27. The highest BCUT2D eigenvalue weighted by atomic mass is 16.5. The van der Waals surface area contributed by atoms with Crippen LogP contribution in [0.25, 0.3) is 0 Å². The first-order valence-corrected chi connectivity index (χ1v) is 9.00. The van der Waals surface area contributed by atoms with E-state index in [1.807, 2.05) is 27.7 Å². The third kappa shape index (κ3) is 5.51. The number of ether oxygens (including phenoxy) is 1. The molecule has 0 aliphatic heterocycles. The predicted molar refractivity (Wildman–Crippen MR) is 104 cm³/mol. The van der Waals surface area contributed by atoms with Gasteiger partial charge in [0.2, 0.25) is 5.91 Å². The summed E-state index contributed by atoms with van der Waals surface area (Å²) < 4.78 is 5.57. The zero-order chi connectivity index (χ0) is 20.0. The van der Waals surface area contributed by atoms with Crippen molar-refractivity contribution in [3.05, 3.63) is 47.5 Å². The minimum absolute atomic E-state index is 0.115. The van der Waals surface area contributed by atoms with Crippen LogP contribution in [0.4, 0.5) is 5.69 Å². The molecule has 1 heterocycles. The number of nitrogens with one attached hydrogen (secondary N) is 2. The number of nitrogens with zero attached hydrogens (tertiary/aromatic N) is 2. The maximum absolute atomic E-state index is 12.8. The summed E-state index contributed by atoms with van der Waals surface area (Å²) >= 11 is 0. The molecule has 1 aromatic heterocycles. The Labute approximate surface area is 159 Å². The molecule has 0 saturated carbocycles. The molecule has 0 aliphatic rings. The minimum Gasteiger partial charge on any atom is -0.493 e. The number of amides is 2. The van der Waals surface area contributed by atoms with Gasteiger partial charge in [-0.2, -0.15) is 0 Å². The second kappa shape index (κ2) is 9.12. The Balaban J connectivity index is 2.24. The molecule has 7 nitrogen and oxygen atoms in total. The van der Waals surface area contributed by atoms with Crippen molar-refractivity contribution in [2.45, 2.75) is 40.7 Å². The Morgan fingerprint density at radius 1 is 1.19 bits per heavy atom. The van der Waals surface area contributed by atoms with Crippen molar-refractivity contribution in [3.8, 4) is 5.75 Å². The number of rotatable bonds is 7. The second-order valence-corrected chi connectivity index (χ2v) is 6.51. The van der Waals surface area contributed by atoms with Crippen LogP contribution in [0.1, 0.15) is 55.6 Å². The van der Waals surface area contributed by atoms with E-state index in [4.69, 9.17) is 4.74 Å². The van der Waals surface area contributed by atoms with Crippen LogP contribution in [-0.4, -0.2) is 28.4 Å². The van der Waals surface area contributed by atoms with Crippen LogP contribution < -0.4 is 15.4 Å². The Bertz CT molecular complexity index is 821. The zero-order valence-corrected chi connectivity index (χ0v) is 16.4. The van der Waals surface area contributed by atoms with Crippen molar-refractivity contribution < 1.29 is 14.3 Å². The van der Waals surface area contributed by atoms with Gasteiger partial charge in [-0.05, 0) is 45.0 Å². The van der Waals surface area contributed by atoms with E-state index >= 15 is 0 Å². The van der Waals surface area contributed by atoms with Crippen molar-refractivity contribution in [3.63, 3.8) is 0 Å². The molecule has 2 N–H and O–H groups in total. The van der Waals surface area contributed by atoms with Crippen LogP contribution in [0.2, 0.25) is 0 Å². The molecular formula is C20H26N4O3. The lowest BCUT2D eigenvalue weighted by atomic mass is 10.1. The lowest BCUT2D eigenvalue weighted by molar-refractivity contribution is -0.118. The van der Waals surface area contributed by atoms with E-state index in [0.717, 1.165) is 5.69 Å². The second-order valence-electron chi connectivity index (χ2n) is 6.51. The highest BCUT2D eigenvalue weighted by Gasteiger charge is 2.18. The Morgan fingerprint density at radius 2 is 1.93 bits per heavy atom. The maximum Gasteiger partial charge on any atom is 0.255 e. The number of benzene rings is 1. The molecule has 2 aromatic rings. The maximum atomic E-state index is 12.8. The van der Waals surface area contributed by atoms with Gasteiger partial charge in [0.1, 0.15) is 11.6 Å².